The van der Waals surface area contributed by atoms with E-state index in [0.717, 1.165) is 43.4 Å². The van der Waals surface area contributed by atoms with Crippen LogP contribution >= 0.6 is 0 Å². The lowest BCUT2D eigenvalue weighted by atomic mass is 9.96. The Kier molecular flexibility index (Phi) is 6.45. The second-order valence-corrected chi connectivity index (χ2v) is 15.0. The third kappa shape index (κ3) is 5.82. The first-order valence-corrected chi connectivity index (χ1v) is 20.2. The summed E-state index contributed by atoms with van der Waals surface area (Å²) < 4.78 is 86.6. The largest absolute Gasteiger partial charge is 0.456 e. The van der Waals surface area contributed by atoms with Gasteiger partial charge in [-0.2, -0.15) is 0 Å². The van der Waals surface area contributed by atoms with Gasteiger partial charge >= 0.3 is 0 Å². The van der Waals surface area contributed by atoms with E-state index in [9.17, 15) is 11.0 Å². The minimum Gasteiger partial charge on any atom is -0.456 e. The van der Waals surface area contributed by atoms with Crippen LogP contribution in [0.2, 0.25) is 0 Å². The van der Waals surface area contributed by atoms with Gasteiger partial charge in [-0.3, -0.25) is 0 Å². The van der Waals surface area contributed by atoms with E-state index in [4.69, 9.17) is 4.42 Å². The van der Waals surface area contributed by atoms with Gasteiger partial charge in [0.05, 0.1) is 33.4 Å². The Morgan fingerprint density at radius 3 is 1.67 bits per heavy atom. The molecule has 0 aliphatic carbocycles. The highest BCUT2D eigenvalue weighted by Crippen LogP contribution is 2.46. The smallest absolute Gasteiger partial charge is 0.136 e. The molecule has 2 aromatic heterocycles. The fourth-order valence-corrected chi connectivity index (χ4v) is 8.77. The fraction of sp³-hybridized carbons (Fsp3) is 0. The average molecular weight is 787 g/mol. The van der Waals surface area contributed by atoms with E-state index < -0.39 is 24.2 Å². The summed E-state index contributed by atoms with van der Waals surface area (Å²) in [5.41, 5.74) is 6.05. The molecule has 61 heavy (non-hydrogen) atoms. The van der Waals surface area contributed by atoms with Crippen molar-refractivity contribution in [1.29, 1.82) is 0 Å². The Labute approximate surface area is 364 Å². The van der Waals surface area contributed by atoms with Crippen LogP contribution in [0.25, 0.3) is 93.6 Å². The van der Waals surface area contributed by atoms with Crippen molar-refractivity contribution < 1.29 is 15.4 Å². The summed E-state index contributed by atoms with van der Waals surface area (Å²) in [4.78, 5) is 1.39. The molecule has 0 aliphatic heterocycles. The summed E-state index contributed by atoms with van der Waals surface area (Å²) in [6.45, 7) is 0. The lowest BCUT2D eigenvalue weighted by molar-refractivity contribution is 0.669. The van der Waals surface area contributed by atoms with Crippen molar-refractivity contribution in [2.75, 3.05) is 4.90 Å². The van der Waals surface area contributed by atoms with Gasteiger partial charge in [-0.1, -0.05) is 164 Å². The van der Waals surface area contributed by atoms with E-state index in [1.807, 2.05) is 121 Å². The molecule has 10 aromatic carbocycles. The van der Waals surface area contributed by atoms with Crippen molar-refractivity contribution in [2.45, 2.75) is 0 Å². The van der Waals surface area contributed by atoms with Gasteiger partial charge in [0, 0.05) is 44.0 Å². The highest BCUT2D eigenvalue weighted by atomic mass is 16.3. The van der Waals surface area contributed by atoms with Crippen molar-refractivity contribution in [3.8, 4) is 39.1 Å². The van der Waals surface area contributed by atoms with Gasteiger partial charge < -0.3 is 13.9 Å². The van der Waals surface area contributed by atoms with Crippen molar-refractivity contribution in [1.82, 2.24) is 4.57 Å². The maximum atomic E-state index is 9.98. The van der Waals surface area contributed by atoms with Crippen LogP contribution in [-0.2, 0) is 0 Å². The second kappa shape index (κ2) is 14.3. The van der Waals surface area contributed by atoms with Crippen LogP contribution in [0.1, 0.15) is 11.0 Å². The summed E-state index contributed by atoms with van der Waals surface area (Å²) >= 11 is 0. The second-order valence-electron chi connectivity index (χ2n) is 15.0. The Morgan fingerprint density at radius 1 is 0.393 bits per heavy atom. The maximum Gasteiger partial charge on any atom is 0.136 e. The van der Waals surface area contributed by atoms with Gasteiger partial charge in [-0.05, 0) is 99.7 Å². The summed E-state index contributed by atoms with van der Waals surface area (Å²) in [6, 6.07) is 54.4. The fourth-order valence-electron chi connectivity index (χ4n) is 8.77. The summed E-state index contributed by atoms with van der Waals surface area (Å²) in [5.74, 6) is 0. The number of hydrogen-bond acceptors (Lipinski definition) is 2. The summed E-state index contributed by atoms with van der Waals surface area (Å²) in [6.07, 6.45) is 0. The lowest BCUT2D eigenvalue weighted by Gasteiger charge is -2.28. The molecule has 0 bridgehead atoms. The SMILES string of the molecule is [2H]c1c([2H])c(N(c2ccccc2-c2cccc3oc4cc5ccccc5cc4c23)c2c([2H])c([2H])c(-c3ccccc3-n3c4ccccc4c4ccccc43)c([2H])c2[2H])c([2H])c([2H])c1-c1ccccc1. The normalized spacial score (nSPS) is 13.4. The average Bonchev–Trinajstić information content (AvgIpc) is 3.92. The van der Waals surface area contributed by atoms with E-state index in [2.05, 4.69) is 22.8 Å². The Balaban J connectivity index is 1.14. The molecular weight excluding hydrogens is 741 g/mol. The highest BCUT2D eigenvalue weighted by molar-refractivity contribution is 6.17. The molecule has 3 nitrogen and oxygen atoms in total. The topological polar surface area (TPSA) is 21.3 Å². The van der Waals surface area contributed by atoms with Crippen LogP contribution in [0, 0.1) is 0 Å². The van der Waals surface area contributed by atoms with Gasteiger partial charge in [-0.15, -0.1) is 0 Å². The molecule has 12 rings (SSSR count). The predicted molar refractivity (Wildman–Crippen MR) is 257 cm³/mol. The third-order valence-electron chi connectivity index (χ3n) is 11.5. The van der Waals surface area contributed by atoms with Gasteiger partial charge in [-0.25, -0.2) is 0 Å². The number of fused-ring (bicyclic) bond motifs is 7. The van der Waals surface area contributed by atoms with E-state index in [-0.39, 0.29) is 46.7 Å². The number of furan rings is 1. The van der Waals surface area contributed by atoms with E-state index in [1.54, 1.807) is 42.5 Å². The summed E-state index contributed by atoms with van der Waals surface area (Å²) in [5, 5.41) is 5.73. The highest BCUT2D eigenvalue weighted by Gasteiger charge is 2.22. The Hall–Kier alpha value is -8.14. The van der Waals surface area contributed by atoms with Crippen LogP contribution in [0.15, 0.2) is 235 Å². The number of benzene rings is 10. The number of aromatic nitrogens is 1. The maximum absolute atomic E-state index is 9.98. The number of anilines is 3. The minimum absolute atomic E-state index is 0.0697. The van der Waals surface area contributed by atoms with Gasteiger partial charge in [0.2, 0.25) is 0 Å². The molecule has 0 aliphatic rings. The molecule has 0 atom stereocenters. The molecule has 0 radical (unpaired) electrons. The molecule has 0 fully saturated rings. The molecule has 0 saturated carbocycles. The van der Waals surface area contributed by atoms with Crippen molar-refractivity contribution in [3.63, 3.8) is 0 Å². The molecule has 0 unspecified atom stereocenters. The third-order valence-corrected chi connectivity index (χ3v) is 11.5. The minimum atomic E-state index is -0.430. The molecule has 286 valence electrons. The zero-order valence-corrected chi connectivity index (χ0v) is 32.6. The number of nitrogens with zero attached hydrogens (tertiary/aromatic N) is 2. The summed E-state index contributed by atoms with van der Waals surface area (Å²) in [7, 11) is 0. The van der Waals surface area contributed by atoms with Crippen LogP contribution < -0.4 is 4.90 Å². The quantitative estimate of drug-likeness (QED) is 0.160. The van der Waals surface area contributed by atoms with Crippen LogP contribution in [0.3, 0.4) is 0 Å². The molecule has 0 saturated heterocycles. The predicted octanol–water partition coefficient (Wildman–Crippen LogP) is 16.3. The molecule has 0 N–H and O–H groups in total. The molecule has 0 amide bonds. The van der Waals surface area contributed by atoms with Crippen molar-refractivity contribution in [2.24, 2.45) is 0 Å². The molecule has 0 spiro atoms. The van der Waals surface area contributed by atoms with Gasteiger partial charge in [0.1, 0.15) is 11.2 Å². The number of rotatable bonds is 7. The van der Waals surface area contributed by atoms with E-state index >= 15 is 0 Å². The first-order chi connectivity index (χ1) is 33.6. The molecular formula is C58H38N2O. The van der Waals surface area contributed by atoms with Gasteiger partial charge in [0.15, 0.2) is 0 Å². The zero-order valence-electron chi connectivity index (χ0n) is 40.6. The van der Waals surface area contributed by atoms with Crippen LogP contribution in [0.4, 0.5) is 17.1 Å². The van der Waals surface area contributed by atoms with E-state index in [1.165, 1.54) is 4.90 Å². The zero-order chi connectivity index (χ0) is 47.2. The van der Waals surface area contributed by atoms with E-state index in [0.29, 0.717) is 44.8 Å². The molecule has 12 aromatic rings. The lowest BCUT2D eigenvalue weighted by Crippen LogP contribution is -2.11. The Morgan fingerprint density at radius 2 is 0.951 bits per heavy atom. The first-order valence-electron chi connectivity index (χ1n) is 24.2. The van der Waals surface area contributed by atoms with Crippen molar-refractivity contribution in [3.05, 3.63) is 230 Å². The first kappa shape index (κ1) is 27.5. The number of para-hydroxylation sites is 4. The molecule has 2 heterocycles. The van der Waals surface area contributed by atoms with Crippen LogP contribution in [-0.4, -0.2) is 4.57 Å². The van der Waals surface area contributed by atoms with Crippen molar-refractivity contribution >= 4 is 71.6 Å². The standard InChI is InChI=1S/C58H38N2O/c1-2-15-39(16-3-1)40-29-33-44(34-30-40)59(53-25-11-9-22-49(53)50-23-14-28-56-58(50)51-37-42-17-4-5-18-43(42)38-57(51)61-56)45-35-31-41(32-36-45)46-19-6-10-24-52(46)60-54-26-12-7-20-47(54)48-21-8-13-27-55(48)60/h1-38H/i29D,30D,31D,32D,33D,34D,35D,36D. The molecule has 3 heteroatoms. The number of hydrogen-bond donors (Lipinski definition) is 0. The Bertz CT molecular complexity index is 3970. The monoisotopic (exact) mass is 786 g/mol. The van der Waals surface area contributed by atoms with Gasteiger partial charge in [0.25, 0.3) is 0 Å². The van der Waals surface area contributed by atoms with Crippen LogP contribution in [0.5, 0.6) is 0 Å².